The standard InChI is InChI=1S/C18H17NO2/c1-13-19-18(2,15-11-7-4-8-12-15)17(21-13)16(20)14-9-5-3-6-10-14/h3-12,17H,1-2H3/t17-,18-/m0/s1. The second-order valence-electron chi connectivity index (χ2n) is 5.37. The van der Waals surface area contributed by atoms with Crippen LogP contribution in [0.1, 0.15) is 29.8 Å². The summed E-state index contributed by atoms with van der Waals surface area (Å²) >= 11 is 0. The first-order valence-corrected chi connectivity index (χ1v) is 6.99. The SMILES string of the molecule is CC1=N[C@@](C)(c2ccccc2)[C@H](C(=O)c2ccccc2)O1. The third-order valence-corrected chi connectivity index (χ3v) is 3.84. The Hall–Kier alpha value is -2.42. The fourth-order valence-electron chi connectivity index (χ4n) is 2.75. The molecule has 0 radical (unpaired) electrons. The summed E-state index contributed by atoms with van der Waals surface area (Å²) in [5, 5.41) is 0. The van der Waals surface area contributed by atoms with Gasteiger partial charge in [0.2, 0.25) is 5.78 Å². The lowest BCUT2D eigenvalue weighted by Crippen LogP contribution is -2.39. The van der Waals surface area contributed by atoms with Crippen molar-refractivity contribution >= 4 is 11.7 Å². The fourth-order valence-corrected chi connectivity index (χ4v) is 2.75. The summed E-state index contributed by atoms with van der Waals surface area (Å²) in [5.74, 6) is 0.512. The Bertz CT molecular complexity index is 679. The molecule has 0 saturated heterocycles. The molecule has 0 aliphatic carbocycles. The molecular weight excluding hydrogens is 262 g/mol. The quantitative estimate of drug-likeness (QED) is 0.805. The Labute approximate surface area is 124 Å². The van der Waals surface area contributed by atoms with Crippen LogP contribution in [0.4, 0.5) is 0 Å². The van der Waals surface area contributed by atoms with Crippen LogP contribution in [0.2, 0.25) is 0 Å². The van der Waals surface area contributed by atoms with Gasteiger partial charge < -0.3 is 4.74 Å². The second kappa shape index (κ2) is 5.17. The molecule has 1 heterocycles. The Kier molecular flexibility index (Phi) is 3.34. The van der Waals surface area contributed by atoms with E-state index in [1.807, 2.05) is 67.6 Å². The lowest BCUT2D eigenvalue weighted by Gasteiger charge is -2.27. The van der Waals surface area contributed by atoms with Crippen molar-refractivity contribution in [3.63, 3.8) is 0 Å². The Morgan fingerprint density at radius 3 is 2.24 bits per heavy atom. The third kappa shape index (κ3) is 2.35. The maximum Gasteiger partial charge on any atom is 0.206 e. The zero-order chi connectivity index (χ0) is 14.9. The number of aliphatic imine (C=N–C) groups is 1. The van der Waals surface area contributed by atoms with E-state index in [1.54, 1.807) is 6.92 Å². The van der Waals surface area contributed by atoms with Crippen LogP contribution >= 0.6 is 0 Å². The molecule has 0 saturated carbocycles. The molecule has 2 atom stereocenters. The van der Waals surface area contributed by atoms with Gasteiger partial charge in [-0.25, -0.2) is 4.99 Å². The van der Waals surface area contributed by atoms with Crippen LogP contribution in [0, 0.1) is 0 Å². The molecule has 0 aromatic heterocycles. The van der Waals surface area contributed by atoms with Crippen LogP contribution in [-0.2, 0) is 10.3 Å². The zero-order valence-corrected chi connectivity index (χ0v) is 12.1. The van der Waals surface area contributed by atoms with E-state index in [1.165, 1.54) is 0 Å². The van der Waals surface area contributed by atoms with Gasteiger partial charge in [-0.15, -0.1) is 0 Å². The summed E-state index contributed by atoms with van der Waals surface area (Å²) in [6.07, 6.45) is -0.623. The average molecular weight is 279 g/mol. The molecular formula is C18H17NO2. The Morgan fingerprint density at radius 1 is 1.05 bits per heavy atom. The molecule has 1 aliphatic heterocycles. The normalized spacial score (nSPS) is 24.3. The summed E-state index contributed by atoms with van der Waals surface area (Å²) in [6.45, 7) is 3.74. The molecule has 0 unspecified atom stereocenters. The van der Waals surface area contributed by atoms with Gasteiger partial charge in [0.05, 0.1) is 0 Å². The number of ketones is 1. The number of nitrogens with zero attached hydrogens (tertiary/aromatic N) is 1. The van der Waals surface area contributed by atoms with E-state index in [2.05, 4.69) is 4.99 Å². The molecule has 21 heavy (non-hydrogen) atoms. The highest BCUT2D eigenvalue weighted by Gasteiger charge is 2.47. The predicted molar refractivity (Wildman–Crippen MR) is 82.5 cm³/mol. The molecule has 0 N–H and O–H groups in total. The summed E-state index contributed by atoms with van der Waals surface area (Å²) in [7, 11) is 0. The monoisotopic (exact) mass is 279 g/mol. The number of Topliss-reactive ketones (excluding diaryl/α,β-unsaturated/α-hetero) is 1. The van der Waals surface area contributed by atoms with Gasteiger partial charge in [-0.05, 0) is 12.5 Å². The third-order valence-electron chi connectivity index (χ3n) is 3.84. The summed E-state index contributed by atoms with van der Waals surface area (Å²) in [4.78, 5) is 17.4. The van der Waals surface area contributed by atoms with Crippen LogP contribution in [-0.4, -0.2) is 17.8 Å². The maximum absolute atomic E-state index is 12.8. The van der Waals surface area contributed by atoms with Gasteiger partial charge in [0.15, 0.2) is 12.0 Å². The number of carbonyl (C=O) groups is 1. The molecule has 3 rings (SSSR count). The summed E-state index contributed by atoms with van der Waals surface area (Å²) < 4.78 is 5.75. The highest BCUT2D eigenvalue weighted by Crippen LogP contribution is 2.37. The molecule has 0 spiro atoms. The summed E-state index contributed by atoms with van der Waals surface area (Å²) in [6, 6.07) is 19.0. The largest absolute Gasteiger partial charge is 0.467 e. The van der Waals surface area contributed by atoms with E-state index < -0.39 is 11.6 Å². The lowest BCUT2D eigenvalue weighted by atomic mass is 9.83. The molecule has 0 amide bonds. The van der Waals surface area contributed by atoms with E-state index >= 15 is 0 Å². The van der Waals surface area contributed by atoms with Gasteiger partial charge in [0, 0.05) is 12.5 Å². The molecule has 3 heteroatoms. The molecule has 106 valence electrons. The van der Waals surface area contributed by atoms with Crippen LogP contribution in [0.25, 0.3) is 0 Å². The van der Waals surface area contributed by atoms with Crippen LogP contribution in [0.15, 0.2) is 65.7 Å². The van der Waals surface area contributed by atoms with Crippen LogP contribution in [0.3, 0.4) is 0 Å². The van der Waals surface area contributed by atoms with Crippen molar-refractivity contribution in [2.75, 3.05) is 0 Å². The van der Waals surface area contributed by atoms with E-state index in [0.717, 1.165) is 5.56 Å². The minimum Gasteiger partial charge on any atom is -0.467 e. The molecule has 2 aromatic carbocycles. The maximum atomic E-state index is 12.8. The molecule has 0 fully saturated rings. The topological polar surface area (TPSA) is 38.7 Å². The number of hydrogen-bond acceptors (Lipinski definition) is 3. The van der Waals surface area contributed by atoms with Gasteiger partial charge in [-0.2, -0.15) is 0 Å². The molecule has 0 bridgehead atoms. The fraction of sp³-hybridized carbons (Fsp3) is 0.222. The predicted octanol–water partition coefficient (Wildman–Crippen LogP) is 3.60. The van der Waals surface area contributed by atoms with E-state index in [-0.39, 0.29) is 5.78 Å². The smallest absolute Gasteiger partial charge is 0.206 e. The van der Waals surface area contributed by atoms with Crippen molar-refractivity contribution in [2.45, 2.75) is 25.5 Å². The van der Waals surface area contributed by atoms with Gasteiger partial charge in [-0.3, -0.25) is 4.79 Å². The van der Waals surface area contributed by atoms with E-state index in [0.29, 0.717) is 11.5 Å². The minimum absolute atomic E-state index is 0.0393. The van der Waals surface area contributed by atoms with E-state index in [9.17, 15) is 4.79 Å². The lowest BCUT2D eigenvalue weighted by molar-refractivity contribution is 0.0693. The summed E-state index contributed by atoms with van der Waals surface area (Å²) in [5.41, 5.74) is 0.948. The Balaban J connectivity index is 2.01. The van der Waals surface area contributed by atoms with Crippen LogP contribution in [0.5, 0.6) is 0 Å². The first kappa shape index (κ1) is 13.6. The number of ether oxygens (including phenoxy) is 1. The zero-order valence-electron chi connectivity index (χ0n) is 12.1. The van der Waals surface area contributed by atoms with Crippen molar-refractivity contribution in [1.82, 2.24) is 0 Å². The first-order valence-electron chi connectivity index (χ1n) is 6.99. The van der Waals surface area contributed by atoms with Gasteiger partial charge >= 0.3 is 0 Å². The highest BCUT2D eigenvalue weighted by molar-refractivity contribution is 6.02. The number of rotatable bonds is 3. The Morgan fingerprint density at radius 2 is 1.62 bits per heavy atom. The van der Waals surface area contributed by atoms with E-state index in [4.69, 9.17) is 4.74 Å². The highest BCUT2D eigenvalue weighted by atomic mass is 16.5. The van der Waals surface area contributed by atoms with Crippen molar-refractivity contribution in [1.29, 1.82) is 0 Å². The van der Waals surface area contributed by atoms with Crippen molar-refractivity contribution in [3.05, 3.63) is 71.8 Å². The van der Waals surface area contributed by atoms with Crippen molar-refractivity contribution < 1.29 is 9.53 Å². The number of benzene rings is 2. The number of hydrogen-bond donors (Lipinski definition) is 0. The van der Waals surface area contributed by atoms with Crippen molar-refractivity contribution in [2.24, 2.45) is 4.99 Å². The molecule has 1 aliphatic rings. The molecule has 3 nitrogen and oxygen atoms in total. The van der Waals surface area contributed by atoms with Gasteiger partial charge in [0.1, 0.15) is 5.54 Å². The van der Waals surface area contributed by atoms with Crippen LogP contribution < -0.4 is 0 Å². The van der Waals surface area contributed by atoms with Gasteiger partial charge in [0.25, 0.3) is 0 Å². The first-order chi connectivity index (χ1) is 10.1. The number of carbonyl (C=O) groups excluding carboxylic acids is 1. The minimum atomic E-state index is -0.682. The second-order valence-corrected chi connectivity index (χ2v) is 5.37. The van der Waals surface area contributed by atoms with Crippen molar-refractivity contribution in [3.8, 4) is 0 Å². The average Bonchev–Trinajstić information content (AvgIpc) is 2.84. The van der Waals surface area contributed by atoms with Gasteiger partial charge in [-0.1, -0.05) is 60.7 Å². The molecule has 2 aromatic rings.